The van der Waals surface area contributed by atoms with Gasteiger partial charge in [0.1, 0.15) is 5.82 Å². The second-order valence-electron chi connectivity index (χ2n) is 2.69. The van der Waals surface area contributed by atoms with Crippen LogP contribution in [0.2, 0.25) is 0 Å². The van der Waals surface area contributed by atoms with Gasteiger partial charge < -0.3 is 10.5 Å². The van der Waals surface area contributed by atoms with E-state index in [1.807, 2.05) is 0 Å². The predicted molar refractivity (Wildman–Crippen MR) is 53.7 cm³/mol. The van der Waals surface area contributed by atoms with Gasteiger partial charge >= 0.3 is 5.97 Å². The van der Waals surface area contributed by atoms with Gasteiger partial charge in [-0.1, -0.05) is 11.8 Å². The summed E-state index contributed by atoms with van der Waals surface area (Å²) in [6.45, 7) is 0.209. The number of rotatable bonds is 1. The summed E-state index contributed by atoms with van der Waals surface area (Å²) < 4.78 is 17.7. The van der Waals surface area contributed by atoms with Gasteiger partial charge in [0.15, 0.2) is 0 Å². The van der Waals surface area contributed by atoms with Crippen LogP contribution in [0.5, 0.6) is 0 Å². The van der Waals surface area contributed by atoms with E-state index in [1.165, 1.54) is 25.3 Å². The molecule has 4 heteroatoms. The summed E-state index contributed by atoms with van der Waals surface area (Å²) in [5, 5.41) is 0. The summed E-state index contributed by atoms with van der Waals surface area (Å²) in [6, 6.07) is 4.05. The maximum Gasteiger partial charge on any atom is 0.340 e. The first-order valence-electron chi connectivity index (χ1n) is 4.26. The molecule has 0 heterocycles. The first kappa shape index (κ1) is 11.2. The predicted octanol–water partition coefficient (Wildman–Crippen LogP) is 0.923. The number of carbonyl (C=O) groups excluding carboxylic acids is 1. The Morgan fingerprint density at radius 1 is 1.60 bits per heavy atom. The Bertz CT molecular complexity index is 432. The lowest BCUT2D eigenvalue weighted by molar-refractivity contribution is 0.0595. The molecule has 0 aromatic heterocycles. The molecule has 3 nitrogen and oxygen atoms in total. The van der Waals surface area contributed by atoms with E-state index in [4.69, 9.17) is 5.73 Å². The highest BCUT2D eigenvalue weighted by Gasteiger charge is 2.11. The van der Waals surface area contributed by atoms with Crippen molar-refractivity contribution in [2.75, 3.05) is 13.7 Å². The molecule has 0 amide bonds. The van der Waals surface area contributed by atoms with Crippen LogP contribution in [0.25, 0.3) is 0 Å². The average Bonchev–Trinajstić information content (AvgIpc) is 2.25. The number of ether oxygens (including phenoxy) is 1. The molecule has 15 heavy (non-hydrogen) atoms. The van der Waals surface area contributed by atoms with Crippen LogP contribution >= 0.6 is 0 Å². The lowest BCUT2D eigenvalue weighted by atomic mass is 10.1. The first-order valence-corrected chi connectivity index (χ1v) is 4.26. The van der Waals surface area contributed by atoms with Gasteiger partial charge in [0.25, 0.3) is 0 Å². The molecular formula is C11H10FNO2. The summed E-state index contributed by atoms with van der Waals surface area (Å²) in [6.07, 6.45) is 0. The molecule has 1 rings (SSSR count). The number of nitrogens with two attached hydrogens (primary N) is 1. The molecule has 0 aliphatic carbocycles. The minimum atomic E-state index is -0.703. The minimum absolute atomic E-state index is 0.101. The zero-order chi connectivity index (χ0) is 11.3. The molecule has 0 unspecified atom stereocenters. The van der Waals surface area contributed by atoms with E-state index in [-0.39, 0.29) is 12.1 Å². The average molecular weight is 207 g/mol. The van der Waals surface area contributed by atoms with Gasteiger partial charge in [-0.3, -0.25) is 0 Å². The maximum atomic E-state index is 13.3. The highest BCUT2D eigenvalue weighted by atomic mass is 19.1. The Hall–Kier alpha value is -1.86. The molecule has 0 atom stereocenters. The third-order valence-electron chi connectivity index (χ3n) is 1.71. The first-order chi connectivity index (χ1) is 7.19. The van der Waals surface area contributed by atoms with E-state index < -0.39 is 11.8 Å². The lowest BCUT2D eigenvalue weighted by Crippen LogP contribution is -2.04. The number of hydrogen-bond donors (Lipinski definition) is 1. The van der Waals surface area contributed by atoms with Gasteiger partial charge in [-0.15, -0.1) is 0 Å². The number of hydrogen-bond acceptors (Lipinski definition) is 3. The second-order valence-corrected chi connectivity index (χ2v) is 2.69. The molecule has 0 radical (unpaired) electrons. The number of methoxy groups -OCH3 is 1. The Kier molecular flexibility index (Phi) is 3.83. The summed E-state index contributed by atoms with van der Waals surface area (Å²) in [5.74, 6) is 3.90. The van der Waals surface area contributed by atoms with Crippen LogP contribution in [-0.2, 0) is 4.74 Å². The molecule has 78 valence electrons. The fourth-order valence-electron chi connectivity index (χ4n) is 1.02. The summed E-state index contributed by atoms with van der Waals surface area (Å²) in [5.41, 5.74) is 5.55. The highest BCUT2D eigenvalue weighted by Crippen LogP contribution is 2.10. The van der Waals surface area contributed by atoms with Crippen molar-refractivity contribution in [3.05, 3.63) is 35.1 Å². The minimum Gasteiger partial charge on any atom is -0.465 e. The van der Waals surface area contributed by atoms with E-state index >= 15 is 0 Å². The third-order valence-corrected chi connectivity index (χ3v) is 1.71. The molecule has 2 N–H and O–H groups in total. The number of esters is 1. The van der Waals surface area contributed by atoms with Crippen LogP contribution in [0.3, 0.4) is 0 Å². The van der Waals surface area contributed by atoms with E-state index in [1.54, 1.807) is 0 Å². The zero-order valence-electron chi connectivity index (χ0n) is 8.21. The molecule has 0 aliphatic heterocycles. The quantitative estimate of drug-likeness (QED) is 0.550. The van der Waals surface area contributed by atoms with Gasteiger partial charge in [0.2, 0.25) is 0 Å². The van der Waals surface area contributed by atoms with Crippen molar-refractivity contribution in [2.24, 2.45) is 5.73 Å². The SMILES string of the molecule is COC(=O)c1ccc(C#CCN)cc1F. The van der Waals surface area contributed by atoms with Gasteiger partial charge in [0.05, 0.1) is 19.2 Å². The van der Waals surface area contributed by atoms with Crippen molar-refractivity contribution in [2.45, 2.75) is 0 Å². The fraction of sp³-hybridized carbons (Fsp3) is 0.182. The topological polar surface area (TPSA) is 52.3 Å². The van der Waals surface area contributed by atoms with Gasteiger partial charge in [-0.05, 0) is 18.2 Å². The van der Waals surface area contributed by atoms with E-state index in [0.29, 0.717) is 5.56 Å². The highest BCUT2D eigenvalue weighted by molar-refractivity contribution is 5.89. The van der Waals surface area contributed by atoms with Crippen LogP contribution in [-0.4, -0.2) is 19.6 Å². The van der Waals surface area contributed by atoms with E-state index in [2.05, 4.69) is 16.6 Å². The van der Waals surface area contributed by atoms with Crippen molar-refractivity contribution < 1.29 is 13.9 Å². The Morgan fingerprint density at radius 2 is 2.33 bits per heavy atom. The monoisotopic (exact) mass is 207 g/mol. The molecule has 0 aliphatic rings. The molecule has 0 bridgehead atoms. The van der Waals surface area contributed by atoms with Gasteiger partial charge in [-0.25, -0.2) is 9.18 Å². The molecule has 0 fully saturated rings. The summed E-state index contributed by atoms with van der Waals surface area (Å²) in [7, 11) is 1.20. The van der Waals surface area contributed by atoms with Crippen LogP contribution in [0.15, 0.2) is 18.2 Å². The van der Waals surface area contributed by atoms with Crippen molar-refractivity contribution in [1.82, 2.24) is 0 Å². The Balaban J connectivity index is 3.03. The largest absolute Gasteiger partial charge is 0.465 e. The van der Waals surface area contributed by atoms with Gasteiger partial charge in [0, 0.05) is 5.56 Å². The van der Waals surface area contributed by atoms with Gasteiger partial charge in [-0.2, -0.15) is 0 Å². The molecule has 1 aromatic rings. The van der Waals surface area contributed by atoms with Crippen LogP contribution in [0, 0.1) is 17.7 Å². The van der Waals surface area contributed by atoms with Crippen LogP contribution in [0.4, 0.5) is 4.39 Å². The van der Waals surface area contributed by atoms with Crippen molar-refractivity contribution in [3.63, 3.8) is 0 Å². The number of benzene rings is 1. The number of halogens is 1. The number of carbonyl (C=O) groups is 1. The fourth-order valence-corrected chi connectivity index (χ4v) is 1.02. The smallest absolute Gasteiger partial charge is 0.340 e. The Labute approximate surface area is 87.0 Å². The van der Waals surface area contributed by atoms with Crippen molar-refractivity contribution in [3.8, 4) is 11.8 Å². The lowest BCUT2D eigenvalue weighted by Gasteiger charge is -2.00. The summed E-state index contributed by atoms with van der Waals surface area (Å²) in [4.78, 5) is 11.0. The zero-order valence-corrected chi connectivity index (χ0v) is 8.21. The maximum absolute atomic E-state index is 13.3. The third kappa shape index (κ3) is 2.79. The normalized spacial score (nSPS) is 9.00. The molecular weight excluding hydrogens is 197 g/mol. The van der Waals surface area contributed by atoms with Crippen LogP contribution in [0.1, 0.15) is 15.9 Å². The molecule has 0 saturated heterocycles. The Morgan fingerprint density at radius 3 is 2.87 bits per heavy atom. The molecule has 1 aromatic carbocycles. The van der Waals surface area contributed by atoms with E-state index in [9.17, 15) is 9.18 Å². The second kappa shape index (κ2) is 5.13. The van der Waals surface area contributed by atoms with Crippen molar-refractivity contribution >= 4 is 5.97 Å². The molecule has 0 saturated carbocycles. The standard InChI is InChI=1S/C11H10FNO2/c1-15-11(14)9-5-4-8(3-2-6-13)7-10(9)12/h4-5,7H,6,13H2,1H3. The summed E-state index contributed by atoms with van der Waals surface area (Å²) >= 11 is 0. The van der Waals surface area contributed by atoms with Crippen molar-refractivity contribution in [1.29, 1.82) is 0 Å². The van der Waals surface area contributed by atoms with E-state index in [0.717, 1.165) is 0 Å². The molecule has 0 spiro atoms. The van der Waals surface area contributed by atoms with Crippen LogP contribution < -0.4 is 5.73 Å².